The second-order valence-corrected chi connectivity index (χ2v) is 9.99. The third kappa shape index (κ3) is 2.39. The molecule has 0 atom stereocenters. The van der Waals surface area contributed by atoms with Gasteiger partial charge in [0.25, 0.3) is 0 Å². The Morgan fingerprint density at radius 3 is 1.79 bits per heavy atom. The summed E-state index contributed by atoms with van der Waals surface area (Å²) in [7, 11) is 0. The van der Waals surface area contributed by atoms with Crippen molar-refractivity contribution in [1.82, 2.24) is 0 Å². The molecule has 5 aromatic carbocycles. The first kappa shape index (κ1) is 19.8. The molecule has 7 rings (SSSR count). The van der Waals surface area contributed by atoms with Crippen LogP contribution in [0.15, 0.2) is 103 Å². The molecule has 0 amide bonds. The maximum Gasteiger partial charge on any atom is 0.0728 e. The first-order chi connectivity index (χ1) is 16.6. The molecule has 0 saturated heterocycles. The maximum absolute atomic E-state index is 6.66. The van der Waals surface area contributed by atoms with E-state index in [2.05, 4.69) is 105 Å². The minimum absolute atomic E-state index is 0.326. The van der Waals surface area contributed by atoms with Gasteiger partial charge in [0.1, 0.15) is 0 Å². The minimum atomic E-state index is -0.326. The van der Waals surface area contributed by atoms with E-state index in [1.54, 1.807) is 0 Å². The fourth-order valence-electron chi connectivity index (χ4n) is 6.56. The lowest BCUT2D eigenvalue weighted by atomic mass is 9.69. The highest BCUT2D eigenvalue weighted by Crippen LogP contribution is 2.63. The van der Waals surface area contributed by atoms with E-state index >= 15 is 0 Å². The Kier molecular flexibility index (Phi) is 4.05. The average molecular weight is 455 g/mol. The van der Waals surface area contributed by atoms with Crippen LogP contribution >= 0.6 is 11.6 Å². The molecule has 1 spiro atoms. The number of benzene rings is 5. The van der Waals surface area contributed by atoms with Gasteiger partial charge in [-0.2, -0.15) is 0 Å². The molecule has 0 bridgehead atoms. The molecule has 2 aliphatic rings. The van der Waals surface area contributed by atoms with Gasteiger partial charge in [-0.25, -0.2) is 0 Å². The molecule has 0 aromatic heterocycles. The highest BCUT2D eigenvalue weighted by molar-refractivity contribution is 6.33. The molecule has 0 nitrogen and oxygen atoms in total. The molecule has 0 heterocycles. The number of halogens is 1. The third-order valence-corrected chi connectivity index (χ3v) is 8.04. The molecular weight excluding hydrogens is 432 g/mol. The Hall–Kier alpha value is -3.61. The number of hydrogen-bond donors (Lipinski definition) is 0. The van der Waals surface area contributed by atoms with Crippen molar-refractivity contribution in [2.75, 3.05) is 0 Å². The third-order valence-electron chi connectivity index (χ3n) is 7.71. The summed E-state index contributed by atoms with van der Waals surface area (Å²) < 4.78 is 0. The van der Waals surface area contributed by atoms with Gasteiger partial charge >= 0.3 is 0 Å². The van der Waals surface area contributed by atoms with Crippen LogP contribution in [-0.2, 0) is 5.41 Å². The highest BCUT2D eigenvalue weighted by Gasteiger charge is 2.52. The molecule has 34 heavy (non-hydrogen) atoms. The summed E-state index contributed by atoms with van der Waals surface area (Å²) >= 11 is 6.66. The number of hydrogen-bond acceptors (Lipinski definition) is 0. The fraction of sp³-hybridized carbons (Fsp3) is 0.0909. The van der Waals surface area contributed by atoms with Crippen molar-refractivity contribution in [2.24, 2.45) is 0 Å². The molecule has 0 saturated carbocycles. The molecule has 5 aromatic rings. The summed E-state index contributed by atoms with van der Waals surface area (Å²) in [6.45, 7) is 4.48. The van der Waals surface area contributed by atoms with Crippen molar-refractivity contribution >= 4 is 11.6 Å². The normalized spacial score (nSPS) is 14.0. The topological polar surface area (TPSA) is 0 Å². The molecule has 0 aliphatic heterocycles. The Morgan fingerprint density at radius 2 is 1.12 bits per heavy atom. The van der Waals surface area contributed by atoms with Crippen LogP contribution in [0.3, 0.4) is 0 Å². The summed E-state index contributed by atoms with van der Waals surface area (Å²) in [5, 5.41) is 0.784. The van der Waals surface area contributed by atoms with Crippen LogP contribution in [0.4, 0.5) is 0 Å². The lowest BCUT2D eigenvalue weighted by molar-refractivity contribution is 0.786. The van der Waals surface area contributed by atoms with Gasteiger partial charge in [-0.1, -0.05) is 108 Å². The fourth-order valence-corrected chi connectivity index (χ4v) is 6.80. The molecule has 1 heteroatoms. The van der Waals surface area contributed by atoms with E-state index in [1.807, 2.05) is 12.1 Å². The molecule has 2 aliphatic carbocycles. The van der Waals surface area contributed by atoms with Crippen molar-refractivity contribution < 1.29 is 0 Å². The first-order valence-electron chi connectivity index (χ1n) is 11.8. The Balaban J connectivity index is 1.67. The zero-order valence-electron chi connectivity index (χ0n) is 19.2. The predicted molar refractivity (Wildman–Crippen MR) is 143 cm³/mol. The minimum Gasteiger partial charge on any atom is -0.0837 e. The van der Waals surface area contributed by atoms with Crippen LogP contribution in [-0.4, -0.2) is 0 Å². The summed E-state index contributed by atoms with van der Waals surface area (Å²) in [5.74, 6) is 0. The van der Waals surface area contributed by atoms with Gasteiger partial charge in [-0.15, -0.1) is 0 Å². The summed E-state index contributed by atoms with van der Waals surface area (Å²) in [6.07, 6.45) is 0. The Labute approximate surface area is 205 Å². The predicted octanol–water partition coefficient (Wildman–Crippen LogP) is 8.97. The number of rotatable bonds is 1. The van der Waals surface area contributed by atoms with Gasteiger partial charge in [-0.3, -0.25) is 0 Å². The molecule has 0 N–H and O–H groups in total. The van der Waals surface area contributed by atoms with Crippen molar-refractivity contribution in [3.63, 3.8) is 0 Å². The summed E-state index contributed by atoms with van der Waals surface area (Å²) in [5.41, 5.74) is 15.4. The van der Waals surface area contributed by atoms with Gasteiger partial charge in [0, 0.05) is 10.6 Å². The number of fused-ring (bicyclic) bond motifs is 10. The van der Waals surface area contributed by atoms with E-state index in [4.69, 9.17) is 11.6 Å². The molecule has 0 unspecified atom stereocenters. The largest absolute Gasteiger partial charge is 0.0837 e. The SMILES string of the molecule is Cc1cc(C)c2c(c1)-c1ccc(-c3ccccc3Cl)cc1C21c2ccccc2-c2ccccc21. The van der Waals surface area contributed by atoms with Gasteiger partial charge < -0.3 is 0 Å². The van der Waals surface area contributed by atoms with E-state index in [1.165, 1.54) is 55.6 Å². The van der Waals surface area contributed by atoms with Gasteiger partial charge in [0.2, 0.25) is 0 Å². The first-order valence-corrected chi connectivity index (χ1v) is 12.2. The number of aryl methyl sites for hydroxylation is 2. The van der Waals surface area contributed by atoms with E-state index in [9.17, 15) is 0 Å². The molecular formula is C33H23Cl. The zero-order chi connectivity index (χ0) is 23.0. The van der Waals surface area contributed by atoms with Crippen molar-refractivity contribution in [3.8, 4) is 33.4 Å². The molecule has 162 valence electrons. The average Bonchev–Trinajstić information content (AvgIpc) is 3.31. The summed E-state index contributed by atoms with van der Waals surface area (Å²) in [4.78, 5) is 0. The standard InChI is InChI=1S/C33H23Cl/c1-20-17-21(2)32-27(18-20)26-16-15-22(23-9-5-8-14-31(23)34)19-30(26)33(32)28-12-6-3-10-24(28)25-11-4-7-13-29(25)33/h3-19H,1-2H3. The second kappa shape index (κ2) is 6.95. The van der Waals surface area contributed by atoms with Crippen LogP contribution in [0.1, 0.15) is 33.4 Å². The lowest BCUT2D eigenvalue weighted by Crippen LogP contribution is -2.27. The van der Waals surface area contributed by atoms with Crippen LogP contribution in [0.2, 0.25) is 5.02 Å². The highest BCUT2D eigenvalue weighted by atomic mass is 35.5. The monoisotopic (exact) mass is 454 g/mol. The van der Waals surface area contributed by atoms with Gasteiger partial charge in [-0.05, 0) is 81.6 Å². The Morgan fingerprint density at radius 1 is 0.529 bits per heavy atom. The zero-order valence-corrected chi connectivity index (χ0v) is 19.9. The van der Waals surface area contributed by atoms with Crippen molar-refractivity contribution in [1.29, 1.82) is 0 Å². The van der Waals surface area contributed by atoms with Gasteiger partial charge in [0.05, 0.1) is 5.41 Å². The molecule has 0 fully saturated rings. The van der Waals surface area contributed by atoms with Crippen LogP contribution in [0, 0.1) is 13.8 Å². The van der Waals surface area contributed by atoms with Crippen LogP contribution in [0.5, 0.6) is 0 Å². The van der Waals surface area contributed by atoms with Crippen LogP contribution < -0.4 is 0 Å². The van der Waals surface area contributed by atoms with E-state index < -0.39 is 0 Å². The van der Waals surface area contributed by atoms with Crippen LogP contribution in [0.25, 0.3) is 33.4 Å². The Bertz CT molecular complexity index is 1590. The van der Waals surface area contributed by atoms with E-state index in [0.29, 0.717) is 0 Å². The van der Waals surface area contributed by atoms with E-state index in [-0.39, 0.29) is 5.41 Å². The molecule has 0 radical (unpaired) electrons. The van der Waals surface area contributed by atoms with Crippen molar-refractivity contribution in [2.45, 2.75) is 19.3 Å². The maximum atomic E-state index is 6.66. The van der Waals surface area contributed by atoms with Crippen molar-refractivity contribution in [3.05, 3.63) is 142 Å². The lowest BCUT2D eigenvalue weighted by Gasteiger charge is -2.32. The smallest absolute Gasteiger partial charge is 0.0728 e. The quantitative estimate of drug-likeness (QED) is 0.232. The second-order valence-electron chi connectivity index (χ2n) is 9.59. The van der Waals surface area contributed by atoms with E-state index in [0.717, 1.165) is 16.1 Å². The van der Waals surface area contributed by atoms with Gasteiger partial charge in [0.15, 0.2) is 0 Å². The summed E-state index contributed by atoms with van der Waals surface area (Å²) in [6, 6.07) is 37.7.